The molecule has 0 aliphatic rings. The van der Waals surface area contributed by atoms with Gasteiger partial charge in [-0.2, -0.15) is 0 Å². The second-order valence-corrected chi connectivity index (χ2v) is 7.49. The number of carbonyl (C=O) groups excluding carboxylic acids is 1. The third kappa shape index (κ3) is 4.87. The second kappa shape index (κ2) is 8.97. The summed E-state index contributed by atoms with van der Waals surface area (Å²) < 4.78 is 11.3. The zero-order valence-corrected chi connectivity index (χ0v) is 17.7. The van der Waals surface area contributed by atoms with Crippen molar-refractivity contribution in [3.63, 3.8) is 0 Å². The summed E-state index contributed by atoms with van der Waals surface area (Å²) in [7, 11) is 5.58. The number of aryl methyl sites for hydroxylation is 1. The Morgan fingerprint density at radius 2 is 1.93 bits per heavy atom. The highest BCUT2D eigenvalue weighted by atomic mass is 16.5. The first-order valence-electron chi connectivity index (χ1n) is 9.66. The van der Waals surface area contributed by atoms with Gasteiger partial charge in [0.15, 0.2) is 0 Å². The molecular weight excluding hydrogens is 364 g/mol. The number of nitrogens with zero attached hydrogens (tertiary/aromatic N) is 1. The second-order valence-electron chi connectivity index (χ2n) is 7.49. The molecule has 0 spiro atoms. The highest BCUT2D eigenvalue weighted by Gasteiger charge is 2.15. The first-order valence-corrected chi connectivity index (χ1v) is 9.66. The summed E-state index contributed by atoms with van der Waals surface area (Å²) in [5.41, 5.74) is 5.78. The molecule has 0 aliphatic carbocycles. The monoisotopic (exact) mass is 392 g/mol. The molecular formula is C24H28N2O3. The first-order chi connectivity index (χ1) is 13.9. The van der Waals surface area contributed by atoms with E-state index >= 15 is 0 Å². The van der Waals surface area contributed by atoms with Crippen molar-refractivity contribution in [2.24, 2.45) is 0 Å². The van der Waals surface area contributed by atoms with Crippen molar-refractivity contribution < 1.29 is 13.9 Å². The van der Waals surface area contributed by atoms with Crippen LogP contribution in [0.5, 0.6) is 5.75 Å². The van der Waals surface area contributed by atoms with Gasteiger partial charge >= 0.3 is 0 Å². The number of hydrogen-bond donors (Lipinski definition) is 1. The van der Waals surface area contributed by atoms with Crippen molar-refractivity contribution >= 4 is 22.4 Å². The van der Waals surface area contributed by atoms with E-state index in [4.69, 9.17) is 9.15 Å². The Morgan fingerprint density at radius 3 is 2.59 bits per heavy atom. The number of benzene rings is 2. The van der Waals surface area contributed by atoms with E-state index in [0.717, 1.165) is 39.8 Å². The molecule has 152 valence electrons. The van der Waals surface area contributed by atoms with Crippen LogP contribution in [-0.4, -0.2) is 45.1 Å². The van der Waals surface area contributed by atoms with Crippen LogP contribution in [0.2, 0.25) is 0 Å². The van der Waals surface area contributed by atoms with Crippen molar-refractivity contribution in [3.05, 3.63) is 59.9 Å². The van der Waals surface area contributed by atoms with E-state index in [2.05, 4.69) is 36.5 Å². The number of furan rings is 1. The maximum absolute atomic E-state index is 12.3. The molecule has 1 aromatic heterocycles. The van der Waals surface area contributed by atoms with E-state index < -0.39 is 0 Å². The molecule has 1 amide bonds. The van der Waals surface area contributed by atoms with E-state index in [1.807, 2.05) is 38.1 Å². The minimum absolute atomic E-state index is 0.113. The summed E-state index contributed by atoms with van der Waals surface area (Å²) in [4.78, 5) is 14.3. The number of rotatable bonds is 7. The van der Waals surface area contributed by atoms with Gasteiger partial charge in [0.1, 0.15) is 11.3 Å². The van der Waals surface area contributed by atoms with Crippen molar-refractivity contribution in [2.45, 2.75) is 13.8 Å². The lowest BCUT2D eigenvalue weighted by molar-refractivity contribution is -0.116. The van der Waals surface area contributed by atoms with Gasteiger partial charge in [-0.25, -0.2) is 0 Å². The van der Waals surface area contributed by atoms with Crippen LogP contribution in [-0.2, 0) is 4.79 Å². The topological polar surface area (TPSA) is 54.7 Å². The molecule has 29 heavy (non-hydrogen) atoms. The fourth-order valence-corrected chi connectivity index (χ4v) is 3.22. The lowest BCUT2D eigenvalue weighted by atomic mass is 9.99. The van der Waals surface area contributed by atoms with Gasteiger partial charge in [0.25, 0.3) is 0 Å². The maximum atomic E-state index is 12.3. The molecule has 2 aromatic carbocycles. The summed E-state index contributed by atoms with van der Waals surface area (Å²) in [6.45, 7) is 5.38. The normalized spacial score (nSPS) is 11.9. The SMILES string of the molecule is COc1cc2occ(-c3ccc(C)cc3)c2cc1/C(C)=C/C(=O)NCCN(C)C. The number of hydrogen-bond acceptors (Lipinski definition) is 4. The number of carbonyl (C=O) groups is 1. The van der Waals surface area contributed by atoms with E-state index in [-0.39, 0.29) is 5.91 Å². The lowest BCUT2D eigenvalue weighted by Crippen LogP contribution is -2.30. The smallest absolute Gasteiger partial charge is 0.244 e. The highest BCUT2D eigenvalue weighted by molar-refractivity contribution is 6.00. The number of likely N-dealkylation sites (N-methyl/N-ethyl adjacent to an activating group) is 1. The van der Waals surface area contributed by atoms with Gasteiger partial charge in [-0.15, -0.1) is 0 Å². The van der Waals surface area contributed by atoms with Gasteiger partial charge in [0.2, 0.25) is 5.91 Å². The van der Waals surface area contributed by atoms with Gasteiger partial charge in [-0.05, 0) is 45.1 Å². The third-order valence-electron chi connectivity index (χ3n) is 4.89. The third-order valence-corrected chi connectivity index (χ3v) is 4.89. The molecule has 0 fully saturated rings. The number of allylic oxidation sites excluding steroid dienone is 1. The standard InChI is InChI=1S/C24H28N2O3/c1-16-6-8-18(9-7-16)21-15-29-23-14-22(28-5)19(13-20(21)23)17(2)12-24(27)25-10-11-26(3)4/h6-9,12-15H,10-11H2,1-5H3,(H,25,27)/b17-12+. The maximum Gasteiger partial charge on any atom is 0.244 e. The number of fused-ring (bicyclic) bond motifs is 1. The molecule has 5 heteroatoms. The average Bonchev–Trinajstić information content (AvgIpc) is 3.10. The predicted molar refractivity (Wildman–Crippen MR) is 118 cm³/mol. The van der Waals surface area contributed by atoms with Crippen LogP contribution >= 0.6 is 0 Å². The Hall–Kier alpha value is -3.05. The quantitative estimate of drug-likeness (QED) is 0.602. The minimum Gasteiger partial charge on any atom is -0.496 e. The van der Waals surface area contributed by atoms with Gasteiger partial charge in [-0.1, -0.05) is 29.8 Å². The number of nitrogens with one attached hydrogen (secondary N) is 1. The minimum atomic E-state index is -0.113. The molecule has 0 unspecified atom stereocenters. The van der Waals surface area contributed by atoms with E-state index in [9.17, 15) is 4.79 Å². The summed E-state index contributed by atoms with van der Waals surface area (Å²) in [5, 5.41) is 3.90. The molecule has 3 aromatic rings. The van der Waals surface area contributed by atoms with Crippen molar-refractivity contribution in [1.29, 1.82) is 0 Å². The molecule has 0 aliphatic heterocycles. The van der Waals surface area contributed by atoms with Crippen molar-refractivity contribution in [3.8, 4) is 16.9 Å². The van der Waals surface area contributed by atoms with E-state index in [1.54, 1.807) is 19.4 Å². The van der Waals surface area contributed by atoms with Crippen LogP contribution in [0.15, 0.2) is 53.2 Å². The highest BCUT2D eigenvalue weighted by Crippen LogP contribution is 2.37. The van der Waals surface area contributed by atoms with Gasteiger partial charge < -0.3 is 19.4 Å². The molecule has 0 radical (unpaired) electrons. The Bertz CT molecular complexity index is 1030. The van der Waals surface area contributed by atoms with Crippen LogP contribution in [0.4, 0.5) is 0 Å². The van der Waals surface area contributed by atoms with Gasteiger partial charge in [-0.3, -0.25) is 4.79 Å². The Balaban J connectivity index is 1.96. The van der Waals surface area contributed by atoms with Gasteiger partial charge in [0, 0.05) is 41.7 Å². The van der Waals surface area contributed by atoms with Crippen LogP contribution in [0.1, 0.15) is 18.1 Å². The number of amides is 1. The molecule has 1 N–H and O–H groups in total. The summed E-state index contributed by atoms with van der Waals surface area (Å²) in [6.07, 6.45) is 3.39. The zero-order valence-electron chi connectivity index (χ0n) is 17.7. The Kier molecular flexibility index (Phi) is 6.39. The molecule has 0 bridgehead atoms. The van der Waals surface area contributed by atoms with Crippen LogP contribution in [0.3, 0.4) is 0 Å². The number of ether oxygens (including phenoxy) is 1. The largest absolute Gasteiger partial charge is 0.496 e. The fraction of sp³-hybridized carbons (Fsp3) is 0.292. The summed E-state index contributed by atoms with van der Waals surface area (Å²) in [6, 6.07) is 12.3. The van der Waals surface area contributed by atoms with Crippen molar-refractivity contribution in [1.82, 2.24) is 10.2 Å². The first kappa shape index (κ1) is 20.7. The number of methoxy groups -OCH3 is 1. The molecule has 0 saturated heterocycles. The lowest BCUT2D eigenvalue weighted by Gasteiger charge is -2.11. The summed E-state index contributed by atoms with van der Waals surface area (Å²) in [5.74, 6) is 0.564. The van der Waals surface area contributed by atoms with Gasteiger partial charge in [0.05, 0.1) is 13.4 Å². The Labute approximate surface area is 172 Å². The zero-order chi connectivity index (χ0) is 21.0. The van der Waals surface area contributed by atoms with Crippen molar-refractivity contribution in [2.75, 3.05) is 34.3 Å². The summed E-state index contributed by atoms with van der Waals surface area (Å²) >= 11 is 0. The molecule has 1 heterocycles. The molecule has 3 rings (SSSR count). The Morgan fingerprint density at radius 1 is 1.21 bits per heavy atom. The van der Waals surface area contributed by atoms with E-state index in [0.29, 0.717) is 12.3 Å². The average molecular weight is 392 g/mol. The van der Waals surface area contributed by atoms with E-state index in [1.165, 1.54) is 5.56 Å². The van der Waals surface area contributed by atoms with Crippen LogP contribution in [0.25, 0.3) is 27.7 Å². The van der Waals surface area contributed by atoms with Crippen LogP contribution < -0.4 is 10.1 Å². The predicted octanol–water partition coefficient (Wildman–Crippen LogP) is 4.50. The molecule has 0 saturated carbocycles. The van der Waals surface area contributed by atoms with Crippen LogP contribution in [0, 0.1) is 6.92 Å². The molecule has 0 atom stereocenters. The fourth-order valence-electron chi connectivity index (χ4n) is 3.22. The molecule has 5 nitrogen and oxygen atoms in total.